The highest BCUT2D eigenvalue weighted by Gasteiger charge is 2.31. The Morgan fingerprint density at radius 3 is 2.52 bits per heavy atom. The molecule has 0 heterocycles. The van der Waals surface area contributed by atoms with Crippen molar-refractivity contribution >= 4 is 23.3 Å². The summed E-state index contributed by atoms with van der Waals surface area (Å²) in [6.45, 7) is -0.499. The molecule has 0 radical (unpaired) electrons. The minimum Gasteiger partial charge on any atom is -0.458 e. The molecule has 0 saturated heterocycles. The van der Waals surface area contributed by atoms with Crippen LogP contribution in [0.5, 0.6) is 11.5 Å². The molecule has 0 aliphatic carbocycles. The Morgan fingerprint density at radius 1 is 1.21 bits per heavy atom. The van der Waals surface area contributed by atoms with Crippen molar-refractivity contribution < 1.29 is 37.5 Å². The number of halogens is 4. The van der Waals surface area contributed by atoms with Crippen molar-refractivity contribution in [2.24, 2.45) is 0 Å². The molecule has 0 atom stereocenters. The summed E-state index contributed by atoms with van der Waals surface area (Å²) < 4.78 is 48.3. The Morgan fingerprint density at radius 2 is 1.93 bits per heavy atom. The molecule has 0 aromatic heterocycles. The third-order valence-electron chi connectivity index (χ3n) is 3.45. The van der Waals surface area contributed by atoms with E-state index in [1.807, 2.05) is 0 Å². The van der Waals surface area contributed by atoms with Gasteiger partial charge in [-0.2, -0.15) is 13.2 Å². The highest BCUT2D eigenvalue weighted by Crippen LogP contribution is 2.37. The summed E-state index contributed by atoms with van der Waals surface area (Å²) in [7, 11) is 0. The van der Waals surface area contributed by atoms with Crippen LogP contribution in [-0.4, -0.2) is 29.2 Å². The van der Waals surface area contributed by atoms with Gasteiger partial charge >= 0.3 is 12.1 Å². The molecule has 0 bridgehead atoms. The van der Waals surface area contributed by atoms with E-state index in [9.17, 15) is 28.1 Å². The average Bonchev–Trinajstić information content (AvgIpc) is 2.65. The Labute approximate surface area is 167 Å². The first-order valence-corrected chi connectivity index (χ1v) is 8.27. The monoisotopic (exact) mass is 431 g/mol. The number of esters is 1. The number of hydrogen-bond donors (Lipinski definition) is 1. The van der Waals surface area contributed by atoms with Crippen LogP contribution in [0.3, 0.4) is 0 Å². The van der Waals surface area contributed by atoms with Gasteiger partial charge in [-0.05, 0) is 30.3 Å². The van der Waals surface area contributed by atoms with Crippen molar-refractivity contribution in [1.82, 2.24) is 0 Å². The number of carbonyl (C=O) groups is 1. The zero-order chi connectivity index (χ0) is 21.6. The molecule has 29 heavy (non-hydrogen) atoms. The van der Waals surface area contributed by atoms with E-state index in [0.29, 0.717) is 6.07 Å². The van der Waals surface area contributed by atoms with Crippen molar-refractivity contribution in [3.63, 3.8) is 0 Å². The molecule has 154 valence electrons. The second kappa shape index (κ2) is 9.39. The third-order valence-corrected chi connectivity index (χ3v) is 3.75. The summed E-state index contributed by atoms with van der Waals surface area (Å²) in [6, 6.07) is 5.59. The summed E-state index contributed by atoms with van der Waals surface area (Å²) in [5.74, 6) is -1.24. The van der Waals surface area contributed by atoms with Crippen molar-refractivity contribution in [1.29, 1.82) is 0 Å². The molecule has 7 nitrogen and oxygen atoms in total. The van der Waals surface area contributed by atoms with E-state index in [2.05, 4.69) is 0 Å². The zero-order valence-electron chi connectivity index (χ0n) is 14.5. The van der Waals surface area contributed by atoms with E-state index in [1.54, 1.807) is 0 Å². The number of nitro benzene ring substituents is 1. The van der Waals surface area contributed by atoms with Crippen LogP contribution < -0.4 is 4.74 Å². The number of nitro groups is 1. The first-order valence-electron chi connectivity index (χ1n) is 7.89. The number of ether oxygens (including phenoxy) is 2. The molecule has 11 heteroatoms. The van der Waals surface area contributed by atoms with E-state index in [0.717, 1.165) is 30.3 Å². The van der Waals surface area contributed by atoms with Gasteiger partial charge in [-0.25, -0.2) is 4.79 Å². The molecular weight excluding hydrogens is 419 g/mol. The normalized spacial score (nSPS) is 11.5. The van der Waals surface area contributed by atoms with Gasteiger partial charge in [0.15, 0.2) is 0 Å². The van der Waals surface area contributed by atoms with Crippen LogP contribution in [0.4, 0.5) is 18.9 Å². The van der Waals surface area contributed by atoms with Gasteiger partial charge in [-0.3, -0.25) is 10.1 Å². The first kappa shape index (κ1) is 22.2. The molecule has 2 rings (SSSR count). The number of carbonyl (C=O) groups excluding carboxylic acids is 1. The lowest BCUT2D eigenvalue weighted by Gasteiger charge is -2.12. The molecule has 0 amide bonds. The number of aliphatic hydroxyl groups is 1. The SMILES string of the molecule is O=C(OCC=CCO)c1cc(Oc2ccc(C(F)(F)F)cc2Cl)ccc1[N+](=O)[O-]. The van der Waals surface area contributed by atoms with Gasteiger partial charge in [-0.1, -0.05) is 17.7 Å². The molecule has 0 unspecified atom stereocenters. The Balaban J connectivity index is 2.29. The molecule has 0 fully saturated rings. The smallest absolute Gasteiger partial charge is 0.416 e. The maximum Gasteiger partial charge on any atom is 0.416 e. The van der Waals surface area contributed by atoms with Crippen LogP contribution in [0.25, 0.3) is 0 Å². The predicted octanol–water partition coefficient (Wildman–Crippen LogP) is 4.76. The van der Waals surface area contributed by atoms with Crippen molar-refractivity contribution in [3.05, 3.63) is 74.8 Å². The van der Waals surface area contributed by atoms with E-state index in [-0.39, 0.29) is 29.7 Å². The molecule has 0 aliphatic rings. The standard InChI is InChI=1S/C18H13ClF3NO6/c19-14-9-11(18(20,21)22)3-6-16(14)29-12-4-5-15(23(26)27)13(10-12)17(25)28-8-2-1-7-24/h1-6,9-10,24H,7-8H2. The quantitative estimate of drug-likeness (QED) is 0.293. The summed E-state index contributed by atoms with van der Waals surface area (Å²) in [4.78, 5) is 22.5. The largest absolute Gasteiger partial charge is 0.458 e. The lowest BCUT2D eigenvalue weighted by atomic mass is 10.1. The fraction of sp³-hybridized carbons (Fsp3) is 0.167. The second-order valence-electron chi connectivity index (χ2n) is 5.43. The topological polar surface area (TPSA) is 98.9 Å². The zero-order valence-corrected chi connectivity index (χ0v) is 15.2. The van der Waals surface area contributed by atoms with Crippen LogP contribution in [0.1, 0.15) is 15.9 Å². The van der Waals surface area contributed by atoms with Crippen LogP contribution in [-0.2, 0) is 10.9 Å². The summed E-state index contributed by atoms with van der Waals surface area (Å²) in [5.41, 5.74) is -1.95. The second-order valence-corrected chi connectivity index (χ2v) is 5.84. The average molecular weight is 432 g/mol. The van der Waals surface area contributed by atoms with Gasteiger partial charge in [-0.15, -0.1) is 0 Å². The highest BCUT2D eigenvalue weighted by atomic mass is 35.5. The minimum atomic E-state index is -4.59. The number of benzene rings is 2. The maximum absolute atomic E-state index is 12.7. The first-order chi connectivity index (χ1) is 13.6. The van der Waals surface area contributed by atoms with E-state index in [1.165, 1.54) is 12.2 Å². The lowest BCUT2D eigenvalue weighted by molar-refractivity contribution is -0.385. The van der Waals surface area contributed by atoms with Gasteiger partial charge in [0.1, 0.15) is 23.7 Å². The summed E-state index contributed by atoms with van der Waals surface area (Å²) in [5, 5.41) is 19.4. The van der Waals surface area contributed by atoms with Crippen molar-refractivity contribution in [2.75, 3.05) is 13.2 Å². The third kappa shape index (κ3) is 5.93. The lowest BCUT2D eigenvalue weighted by Crippen LogP contribution is -2.09. The molecule has 1 N–H and O–H groups in total. The Kier molecular flexibility index (Phi) is 7.18. The van der Waals surface area contributed by atoms with Crippen LogP contribution >= 0.6 is 11.6 Å². The minimum absolute atomic E-state index is 0.0740. The fourth-order valence-electron chi connectivity index (χ4n) is 2.13. The molecule has 2 aromatic rings. The molecule has 0 saturated carbocycles. The van der Waals surface area contributed by atoms with Gasteiger partial charge < -0.3 is 14.6 Å². The van der Waals surface area contributed by atoms with E-state index >= 15 is 0 Å². The number of nitrogens with zero attached hydrogens (tertiary/aromatic N) is 1. The van der Waals surface area contributed by atoms with Crippen LogP contribution in [0, 0.1) is 10.1 Å². The maximum atomic E-state index is 12.7. The van der Waals surface area contributed by atoms with Crippen LogP contribution in [0.15, 0.2) is 48.6 Å². The van der Waals surface area contributed by atoms with Crippen LogP contribution in [0.2, 0.25) is 5.02 Å². The number of hydrogen-bond acceptors (Lipinski definition) is 6. The highest BCUT2D eigenvalue weighted by molar-refractivity contribution is 6.32. The van der Waals surface area contributed by atoms with Gasteiger partial charge in [0.05, 0.1) is 22.1 Å². The Hall–Kier alpha value is -3.11. The number of alkyl halides is 3. The van der Waals surface area contributed by atoms with E-state index < -0.39 is 33.9 Å². The summed E-state index contributed by atoms with van der Waals surface area (Å²) >= 11 is 5.81. The fourth-order valence-corrected chi connectivity index (χ4v) is 2.35. The number of aliphatic hydroxyl groups excluding tert-OH is 1. The van der Waals surface area contributed by atoms with Gasteiger partial charge in [0.25, 0.3) is 5.69 Å². The predicted molar refractivity (Wildman–Crippen MR) is 96.1 cm³/mol. The number of rotatable bonds is 7. The molecule has 2 aromatic carbocycles. The van der Waals surface area contributed by atoms with Crippen molar-refractivity contribution in [3.8, 4) is 11.5 Å². The summed E-state index contributed by atoms with van der Waals surface area (Å²) in [6.07, 6.45) is -1.93. The van der Waals surface area contributed by atoms with E-state index in [4.69, 9.17) is 26.2 Å². The van der Waals surface area contributed by atoms with Gasteiger partial charge in [0, 0.05) is 12.1 Å². The molecular formula is C18H13ClF3NO6. The molecule has 0 spiro atoms. The van der Waals surface area contributed by atoms with Crippen molar-refractivity contribution in [2.45, 2.75) is 6.18 Å². The molecule has 0 aliphatic heterocycles. The Bertz CT molecular complexity index is 946. The van der Waals surface area contributed by atoms with Gasteiger partial charge in [0.2, 0.25) is 0 Å².